The van der Waals surface area contributed by atoms with E-state index in [0.29, 0.717) is 34.0 Å². The number of phenols is 6. The van der Waals surface area contributed by atoms with Crippen molar-refractivity contribution in [3.63, 3.8) is 0 Å². The van der Waals surface area contributed by atoms with E-state index in [1.807, 2.05) is 24.3 Å². The molecule has 6 aromatic carbocycles. The normalized spacial score (nSPS) is 11.3. The van der Waals surface area contributed by atoms with Crippen LogP contribution in [0.3, 0.4) is 0 Å². The highest BCUT2D eigenvalue weighted by atomic mass is 35.5. The number of halogens is 2. The quantitative estimate of drug-likeness (QED) is 0.0731. The second kappa shape index (κ2) is 14.1. The number of phenolic OH excluding ortho intramolecular Hbond substituents is 5. The molecular formula is C40H34Cl2N2O8. The van der Waals surface area contributed by atoms with Crippen molar-refractivity contribution >= 4 is 56.6 Å². The maximum atomic E-state index is 14.5. The molecule has 0 saturated heterocycles. The molecule has 0 heterocycles. The number of hydrogen-bond acceptors (Lipinski definition) is 8. The Hall–Kier alpha value is -5.84. The van der Waals surface area contributed by atoms with Gasteiger partial charge in [-0.2, -0.15) is 0 Å². The van der Waals surface area contributed by atoms with Gasteiger partial charge >= 0.3 is 0 Å². The smallest absolute Gasteiger partial charge is 0.258 e. The summed E-state index contributed by atoms with van der Waals surface area (Å²) in [5, 5.41) is 67.6. The predicted octanol–water partition coefficient (Wildman–Crippen LogP) is 7.84. The summed E-state index contributed by atoms with van der Waals surface area (Å²) in [6.07, 6.45) is 0.859. The first-order valence-electron chi connectivity index (χ1n) is 16.2. The summed E-state index contributed by atoms with van der Waals surface area (Å²) < 4.78 is 0. The van der Waals surface area contributed by atoms with Gasteiger partial charge in [-0.3, -0.25) is 9.59 Å². The molecule has 0 aliphatic rings. The summed E-state index contributed by atoms with van der Waals surface area (Å²) in [5.74, 6) is -5.24. The monoisotopic (exact) mass is 740 g/mol. The van der Waals surface area contributed by atoms with Crippen molar-refractivity contribution in [1.29, 1.82) is 0 Å². The van der Waals surface area contributed by atoms with Gasteiger partial charge in [0, 0.05) is 55.8 Å². The number of nitrogens with two attached hydrogens (primary N) is 1. The van der Waals surface area contributed by atoms with Gasteiger partial charge in [-0.1, -0.05) is 47.5 Å². The highest BCUT2D eigenvalue weighted by molar-refractivity contribution is 6.31. The van der Waals surface area contributed by atoms with E-state index in [0.717, 1.165) is 23.3 Å². The zero-order valence-corrected chi connectivity index (χ0v) is 29.5. The first-order valence-corrected chi connectivity index (χ1v) is 16.9. The van der Waals surface area contributed by atoms with Crippen LogP contribution < -0.4 is 5.73 Å². The van der Waals surface area contributed by atoms with Crippen LogP contribution in [0.15, 0.2) is 72.8 Å². The van der Waals surface area contributed by atoms with Crippen LogP contribution in [-0.2, 0) is 12.8 Å². The fourth-order valence-corrected chi connectivity index (χ4v) is 7.17. The molecule has 0 saturated carbocycles. The number of primary amides is 1. The number of carbonyl (C=O) groups is 2. The molecule has 10 nitrogen and oxygen atoms in total. The van der Waals surface area contributed by atoms with Crippen LogP contribution in [0.25, 0.3) is 32.7 Å². The average Bonchev–Trinajstić information content (AvgIpc) is 3.08. The zero-order valence-electron chi connectivity index (χ0n) is 28.0. The summed E-state index contributed by atoms with van der Waals surface area (Å²) in [6.45, 7) is 3.68. The van der Waals surface area contributed by atoms with E-state index in [4.69, 9.17) is 28.9 Å². The molecule has 266 valence electrons. The number of carbonyl (C=O) groups excluding carboxylic acids is 2. The topological polar surface area (TPSA) is 185 Å². The third-order valence-corrected chi connectivity index (χ3v) is 9.72. The van der Waals surface area contributed by atoms with Crippen molar-refractivity contribution in [3.8, 4) is 45.6 Å². The van der Waals surface area contributed by atoms with Gasteiger partial charge in [0.05, 0.1) is 11.1 Å². The Morgan fingerprint density at radius 3 is 1.44 bits per heavy atom. The van der Waals surface area contributed by atoms with E-state index < -0.39 is 51.9 Å². The van der Waals surface area contributed by atoms with Gasteiger partial charge in [0.25, 0.3) is 11.8 Å². The Bertz CT molecular complexity index is 2400. The van der Waals surface area contributed by atoms with Gasteiger partial charge in [0.15, 0.2) is 23.0 Å². The maximum Gasteiger partial charge on any atom is 0.258 e. The molecule has 6 rings (SSSR count). The van der Waals surface area contributed by atoms with Gasteiger partial charge in [-0.15, -0.1) is 0 Å². The fraction of sp³-hybridized carbons (Fsp3) is 0.150. The molecule has 6 aromatic rings. The molecule has 0 aromatic heterocycles. The lowest BCUT2D eigenvalue weighted by molar-refractivity contribution is 0.0757. The minimum atomic E-state index is -1.03. The molecule has 8 N–H and O–H groups in total. The average molecular weight is 742 g/mol. The lowest BCUT2D eigenvalue weighted by Gasteiger charge is -2.25. The minimum absolute atomic E-state index is 0.00848. The second-order valence-corrected chi connectivity index (χ2v) is 13.6. The number of rotatable bonds is 9. The van der Waals surface area contributed by atoms with Crippen LogP contribution in [0.2, 0.25) is 10.0 Å². The standard InChI is InChI=1S/C40H34Cl2N2O8/c1-19-13-25-27(17-29(45)37(49)33(25)39(43)51)35(47)31(19)32-20(2)14-26-28(36(32)48)18-30(46)38(50)34(26)40(52)44(11-9-21-5-3-7-23(41)15-21)12-10-22-6-4-8-24(42)16-22/h3-8,13-18,45-50H,9-12H2,1-2H3,(H2,43,51). The van der Waals surface area contributed by atoms with E-state index in [1.165, 1.54) is 6.07 Å². The Morgan fingerprint density at radius 2 is 1.02 bits per heavy atom. The van der Waals surface area contributed by atoms with Crippen molar-refractivity contribution < 1.29 is 40.2 Å². The Morgan fingerprint density at radius 1 is 0.596 bits per heavy atom. The van der Waals surface area contributed by atoms with Gasteiger partial charge in [-0.25, -0.2) is 0 Å². The Balaban J connectivity index is 1.50. The number of nitrogens with zero attached hydrogens (tertiary/aromatic N) is 1. The van der Waals surface area contributed by atoms with Crippen molar-refractivity contribution in [2.24, 2.45) is 5.73 Å². The number of hydrogen-bond donors (Lipinski definition) is 7. The second-order valence-electron chi connectivity index (χ2n) is 12.7. The fourth-order valence-electron chi connectivity index (χ4n) is 6.74. The van der Waals surface area contributed by atoms with Gasteiger partial charge in [0.1, 0.15) is 11.5 Å². The molecule has 12 heteroatoms. The van der Waals surface area contributed by atoms with E-state index >= 15 is 0 Å². The molecule has 2 amide bonds. The number of benzene rings is 6. The summed E-state index contributed by atoms with van der Waals surface area (Å²) in [4.78, 5) is 28.2. The lowest BCUT2D eigenvalue weighted by atomic mass is 9.87. The highest BCUT2D eigenvalue weighted by Crippen LogP contribution is 2.51. The summed E-state index contributed by atoms with van der Waals surface area (Å²) in [7, 11) is 0. The molecule has 0 radical (unpaired) electrons. The predicted molar refractivity (Wildman–Crippen MR) is 201 cm³/mol. The lowest BCUT2D eigenvalue weighted by Crippen LogP contribution is -2.35. The highest BCUT2D eigenvalue weighted by Gasteiger charge is 2.29. The number of aryl methyl sites for hydroxylation is 2. The van der Waals surface area contributed by atoms with Crippen LogP contribution in [0, 0.1) is 13.8 Å². The summed E-state index contributed by atoms with van der Waals surface area (Å²) in [6, 6.07) is 19.7. The van der Waals surface area contributed by atoms with Crippen LogP contribution >= 0.6 is 23.2 Å². The summed E-state index contributed by atoms with van der Waals surface area (Å²) in [5.41, 5.74) is 7.62. The molecule has 52 heavy (non-hydrogen) atoms. The molecule has 0 bridgehead atoms. The van der Waals surface area contributed by atoms with E-state index in [1.54, 1.807) is 49.1 Å². The van der Waals surface area contributed by atoms with Gasteiger partial charge in [0.2, 0.25) is 0 Å². The van der Waals surface area contributed by atoms with Crippen LogP contribution in [0.1, 0.15) is 43.0 Å². The number of amides is 2. The van der Waals surface area contributed by atoms with Crippen molar-refractivity contribution in [1.82, 2.24) is 4.90 Å². The number of fused-ring (bicyclic) bond motifs is 2. The third kappa shape index (κ3) is 6.54. The number of aromatic hydroxyl groups is 6. The molecule has 0 aliphatic heterocycles. The van der Waals surface area contributed by atoms with E-state index in [-0.39, 0.29) is 51.3 Å². The molecule has 0 atom stereocenters. The first-order chi connectivity index (χ1) is 24.7. The van der Waals surface area contributed by atoms with Crippen LogP contribution in [0.4, 0.5) is 0 Å². The minimum Gasteiger partial charge on any atom is -0.507 e. The molecule has 0 spiro atoms. The SMILES string of the molecule is Cc1cc2c(C(N)=O)c(O)c(O)cc2c(O)c1-c1c(C)cc2c(C(=O)N(CCc3cccc(Cl)c3)CCc3cccc(Cl)c3)c(O)c(O)cc2c1O. The molecular weight excluding hydrogens is 707 g/mol. The molecule has 0 unspecified atom stereocenters. The largest absolute Gasteiger partial charge is 0.507 e. The Labute approximate surface area is 308 Å². The van der Waals surface area contributed by atoms with Crippen molar-refractivity contribution in [2.45, 2.75) is 26.7 Å². The third-order valence-electron chi connectivity index (χ3n) is 9.25. The van der Waals surface area contributed by atoms with Gasteiger partial charge in [-0.05, 0) is 97.5 Å². The van der Waals surface area contributed by atoms with E-state index in [2.05, 4.69) is 0 Å². The Kier molecular flexibility index (Phi) is 9.72. The maximum absolute atomic E-state index is 14.5. The van der Waals surface area contributed by atoms with Crippen LogP contribution in [-0.4, -0.2) is 60.4 Å². The summed E-state index contributed by atoms with van der Waals surface area (Å²) >= 11 is 12.4. The van der Waals surface area contributed by atoms with Crippen LogP contribution in [0.5, 0.6) is 34.5 Å². The van der Waals surface area contributed by atoms with E-state index in [9.17, 15) is 40.2 Å². The molecule has 0 fully saturated rings. The van der Waals surface area contributed by atoms with Crippen molar-refractivity contribution in [3.05, 3.63) is 116 Å². The zero-order chi connectivity index (χ0) is 37.6. The van der Waals surface area contributed by atoms with Crippen molar-refractivity contribution in [2.75, 3.05) is 13.1 Å². The first kappa shape index (κ1) is 36.0. The van der Waals surface area contributed by atoms with Gasteiger partial charge < -0.3 is 41.3 Å². The molecule has 0 aliphatic carbocycles.